The molecule has 2 aromatic carbocycles. The Morgan fingerprint density at radius 3 is 2.46 bits per heavy atom. The van der Waals surface area contributed by atoms with Crippen molar-refractivity contribution in [2.45, 2.75) is 75.5 Å². The first-order valence-corrected chi connectivity index (χ1v) is 15.3. The average molecular weight is 565 g/mol. The molecule has 0 bridgehead atoms. The zero-order chi connectivity index (χ0) is 28.2. The molecule has 2 aromatic rings. The van der Waals surface area contributed by atoms with E-state index in [2.05, 4.69) is 22.0 Å². The van der Waals surface area contributed by atoms with Crippen LogP contribution in [0.4, 0.5) is 4.39 Å². The number of benzene rings is 2. The number of amides is 2. The van der Waals surface area contributed by atoms with E-state index in [0.29, 0.717) is 44.1 Å². The third-order valence-electron chi connectivity index (χ3n) is 8.95. The van der Waals surface area contributed by atoms with Crippen molar-refractivity contribution < 1.29 is 23.5 Å². The summed E-state index contributed by atoms with van der Waals surface area (Å²) in [6.07, 6.45) is 8.48. The molecule has 3 N–H and O–H groups in total. The minimum atomic E-state index is -0.366. The molecule has 3 heterocycles. The maximum absolute atomic E-state index is 14.4. The van der Waals surface area contributed by atoms with E-state index in [1.807, 2.05) is 23.1 Å². The minimum absolute atomic E-state index is 0.0491. The molecule has 1 unspecified atom stereocenters. The second kappa shape index (κ2) is 12.8. The van der Waals surface area contributed by atoms with Gasteiger partial charge >= 0.3 is 0 Å². The molecule has 3 aliphatic heterocycles. The van der Waals surface area contributed by atoms with Gasteiger partial charge < -0.3 is 25.0 Å². The van der Waals surface area contributed by atoms with Crippen LogP contribution >= 0.6 is 0 Å². The highest BCUT2D eigenvalue weighted by Crippen LogP contribution is 2.39. The van der Waals surface area contributed by atoms with Crippen LogP contribution in [-0.4, -0.2) is 68.2 Å². The smallest absolute Gasteiger partial charge is 0.253 e. The van der Waals surface area contributed by atoms with Gasteiger partial charge in [0.05, 0.1) is 12.6 Å². The van der Waals surface area contributed by atoms with Gasteiger partial charge in [0, 0.05) is 50.7 Å². The van der Waals surface area contributed by atoms with Gasteiger partial charge in [0.15, 0.2) is 0 Å². The second-order valence-electron chi connectivity index (χ2n) is 11.9. The van der Waals surface area contributed by atoms with Gasteiger partial charge in [0.2, 0.25) is 5.91 Å². The fourth-order valence-electron chi connectivity index (χ4n) is 6.64. The summed E-state index contributed by atoms with van der Waals surface area (Å²) >= 11 is 0. The lowest BCUT2D eigenvalue weighted by Gasteiger charge is -2.33. The monoisotopic (exact) mass is 564 g/mol. The maximum atomic E-state index is 14.4. The Morgan fingerprint density at radius 1 is 0.902 bits per heavy atom. The molecule has 4 fully saturated rings. The quantitative estimate of drug-likeness (QED) is 0.470. The lowest BCUT2D eigenvalue weighted by molar-refractivity contribution is -0.121. The summed E-state index contributed by atoms with van der Waals surface area (Å²) in [6, 6.07) is 10.6. The lowest BCUT2D eigenvalue weighted by atomic mass is 9.83. The summed E-state index contributed by atoms with van der Waals surface area (Å²) in [4.78, 5) is 27.0. The van der Waals surface area contributed by atoms with Crippen LogP contribution in [0.5, 0.6) is 11.5 Å². The number of carbonyl (C=O) groups is 2. The minimum Gasteiger partial charge on any atom is -0.490 e. The fourth-order valence-corrected chi connectivity index (χ4v) is 6.64. The number of hydrogen-bond acceptors (Lipinski definition) is 6. The Bertz CT molecular complexity index is 1230. The number of nitrogens with zero attached hydrogens (tertiary/aromatic N) is 1. The number of halogens is 1. The van der Waals surface area contributed by atoms with Gasteiger partial charge in [-0.15, -0.1) is 0 Å². The van der Waals surface area contributed by atoms with Gasteiger partial charge in [-0.3, -0.25) is 14.9 Å². The summed E-state index contributed by atoms with van der Waals surface area (Å²) < 4.78 is 27.0. The largest absolute Gasteiger partial charge is 0.490 e. The van der Waals surface area contributed by atoms with Crippen LogP contribution in [0.2, 0.25) is 0 Å². The van der Waals surface area contributed by atoms with E-state index in [-0.39, 0.29) is 42.4 Å². The Hall–Kier alpha value is -3.17. The highest BCUT2D eigenvalue weighted by molar-refractivity contribution is 5.94. The predicted molar refractivity (Wildman–Crippen MR) is 154 cm³/mol. The van der Waals surface area contributed by atoms with Gasteiger partial charge in [-0.1, -0.05) is 19.3 Å². The molecule has 4 aliphatic rings. The molecule has 0 aromatic heterocycles. The van der Waals surface area contributed by atoms with Gasteiger partial charge in [-0.2, -0.15) is 0 Å². The van der Waals surface area contributed by atoms with E-state index in [1.165, 1.54) is 37.0 Å². The van der Waals surface area contributed by atoms with Crippen molar-refractivity contribution in [1.82, 2.24) is 20.9 Å². The highest BCUT2D eigenvalue weighted by atomic mass is 19.1. The van der Waals surface area contributed by atoms with Crippen molar-refractivity contribution in [1.29, 1.82) is 0 Å². The molecule has 6 rings (SSSR count). The second-order valence-corrected chi connectivity index (χ2v) is 11.9. The number of piperidine rings is 1. The van der Waals surface area contributed by atoms with E-state index in [1.54, 1.807) is 0 Å². The molecular formula is C32H41FN4O4. The van der Waals surface area contributed by atoms with Crippen LogP contribution in [0, 0.1) is 5.82 Å². The number of nitrogens with one attached hydrogen (secondary N) is 3. The Balaban J connectivity index is 1.09. The fraction of sp³-hybridized carbons (Fsp3) is 0.562. The van der Waals surface area contributed by atoms with Crippen LogP contribution in [0.3, 0.4) is 0 Å². The Labute approximate surface area is 241 Å². The van der Waals surface area contributed by atoms with E-state index in [4.69, 9.17) is 9.47 Å². The molecule has 1 aliphatic carbocycles. The zero-order valence-electron chi connectivity index (χ0n) is 23.6. The standard InChI is InChI=1S/C32H41FN4O4/c33-24-14-23(29-19-36-31(38)20-35-29)15-27(17-24)40-25-9-12-37(13-10-25)32(39)22-6-7-30(41-26-8-11-34-18-26)28(16-22)21-4-2-1-3-5-21/h6-7,14-17,21,25-26,29,34-35H,1-5,8-13,18-20H2,(H,36,38)/t26-,29?/m1/s1. The van der Waals surface area contributed by atoms with Crippen molar-refractivity contribution in [2.24, 2.45) is 0 Å². The van der Waals surface area contributed by atoms with Crippen molar-refractivity contribution in [3.8, 4) is 11.5 Å². The normalized spacial score (nSPS) is 24.2. The molecule has 220 valence electrons. The van der Waals surface area contributed by atoms with Crippen LogP contribution in [-0.2, 0) is 4.79 Å². The first kappa shape index (κ1) is 28.0. The maximum Gasteiger partial charge on any atom is 0.253 e. The zero-order valence-corrected chi connectivity index (χ0v) is 23.6. The van der Waals surface area contributed by atoms with Crippen LogP contribution in [0.25, 0.3) is 0 Å². The molecule has 8 nitrogen and oxygen atoms in total. The van der Waals surface area contributed by atoms with Gasteiger partial charge in [-0.25, -0.2) is 4.39 Å². The molecule has 0 spiro atoms. The number of rotatable bonds is 7. The third-order valence-corrected chi connectivity index (χ3v) is 8.95. The summed E-state index contributed by atoms with van der Waals surface area (Å²) in [6.45, 7) is 3.65. The topological polar surface area (TPSA) is 91.9 Å². The molecule has 2 atom stereocenters. The molecule has 9 heteroatoms. The van der Waals surface area contributed by atoms with Crippen molar-refractivity contribution >= 4 is 11.8 Å². The third kappa shape index (κ3) is 6.84. The number of ether oxygens (including phenoxy) is 2. The van der Waals surface area contributed by atoms with Crippen molar-refractivity contribution in [3.63, 3.8) is 0 Å². The number of hydrogen-bond donors (Lipinski definition) is 3. The molecule has 0 radical (unpaired) electrons. The van der Waals surface area contributed by atoms with E-state index in [9.17, 15) is 14.0 Å². The predicted octanol–water partition coefficient (Wildman–Crippen LogP) is 4.06. The Morgan fingerprint density at radius 2 is 1.73 bits per heavy atom. The average Bonchev–Trinajstić information content (AvgIpc) is 3.51. The molecule has 3 saturated heterocycles. The van der Waals surface area contributed by atoms with Gasteiger partial charge in [-0.05, 0) is 73.2 Å². The summed E-state index contributed by atoms with van der Waals surface area (Å²) in [7, 11) is 0. The highest BCUT2D eigenvalue weighted by Gasteiger charge is 2.28. The molecule has 41 heavy (non-hydrogen) atoms. The SMILES string of the molecule is O=C1CNC(c2cc(F)cc(OC3CCN(C(=O)c4ccc(O[C@@H]5CCNC5)c(C5CCCCC5)c4)CC3)c2)CN1. The van der Waals surface area contributed by atoms with Crippen LogP contribution in [0.1, 0.15) is 84.8 Å². The molecule has 2 amide bonds. The number of likely N-dealkylation sites (tertiary alicyclic amines) is 1. The van der Waals surface area contributed by atoms with E-state index in [0.717, 1.165) is 49.2 Å². The lowest BCUT2D eigenvalue weighted by Crippen LogP contribution is -2.46. The molecule has 1 saturated carbocycles. The van der Waals surface area contributed by atoms with Crippen molar-refractivity contribution in [2.75, 3.05) is 39.3 Å². The first-order chi connectivity index (χ1) is 20.0. The van der Waals surface area contributed by atoms with Crippen molar-refractivity contribution in [3.05, 3.63) is 58.9 Å². The molecular weight excluding hydrogens is 523 g/mol. The summed E-state index contributed by atoms with van der Waals surface area (Å²) in [5.74, 6) is 1.48. The van der Waals surface area contributed by atoms with Crippen LogP contribution < -0.4 is 25.4 Å². The first-order valence-electron chi connectivity index (χ1n) is 15.3. The van der Waals surface area contributed by atoms with E-state index >= 15 is 0 Å². The number of carbonyl (C=O) groups excluding carboxylic acids is 2. The van der Waals surface area contributed by atoms with Gasteiger partial charge in [0.1, 0.15) is 29.5 Å². The summed E-state index contributed by atoms with van der Waals surface area (Å²) in [5.41, 5.74) is 2.66. The number of piperazine rings is 1. The van der Waals surface area contributed by atoms with E-state index < -0.39 is 0 Å². The van der Waals surface area contributed by atoms with Gasteiger partial charge in [0.25, 0.3) is 5.91 Å². The van der Waals surface area contributed by atoms with Crippen LogP contribution in [0.15, 0.2) is 36.4 Å². The summed E-state index contributed by atoms with van der Waals surface area (Å²) in [5, 5.41) is 9.32. The Kier molecular flexibility index (Phi) is 8.72.